The number of hydrogen-bond acceptors (Lipinski definition) is 2. The first-order valence-electron chi connectivity index (χ1n) is 9.29. The minimum Gasteiger partial charge on any atom is -0.354 e. The molecule has 0 aliphatic heterocycles. The van der Waals surface area contributed by atoms with E-state index in [1.807, 2.05) is 38.1 Å². The van der Waals surface area contributed by atoms with Gasteiger partial charge in [-0.15, -0.1) is 0 Å². The zero-order valence-electron chi connectivity index (χ0n) is 16.2. The van der Waals surface area contributed by atoms with Gasteiger partial charge >= 0.3 is 0 Å². The first-order valence-corrected chi connectivity index (χ1v) is 9.29. The van der Waals surface area contributed by atoms with Gasteiger partial charge in [0.15, 0.2) is 0 Å². The molecule has 0 aliphatic rings. The molecule has 5 heteroatoms. The number of amides is 2. The largest absolute Gasteiger partial charge is 0.354 e. The second kappa shape index (κ2) is 9.86. The molecule has 2 aromatic carbocycles. The Balaban J connectivity index is 2.25. The molecule has 0 bridgehead atoms. The molecule has 0 saturated heterocycles. The fourth-order valence-electron chi connectivity index (χ4n) is 2.86. The second-order valence-electron chi connectivity index (χ2n) is 6.68. The van der Waals surface area contributed by atoms with Gasteiger partial charge in [-0.2, -0.15) is 0 Å². The van der Waals surface area contributed by atoms with Crippen LogP contribution < -0.4 is 5.32 Å². The van der Waals surface area contributed by atoms with Crippen LogP contribution in [-0.2, 0) is 22.6 Å². The minimum atomic E-state index is -0.643. The normalized spacial score (nSPS) is 11.7. The third-order valence-electron chi connectivity index (χ3n) is 4.62. The second-order valence-corrected chi connectivity index (χ2v) is 6.68. The molecule has 0 radical (unpaired) electrons. The molecule has 1 atom stereocenters. The van der Waals surface area contributed by atoms with Crippen molar-refractivity contribution in [3.63, 3.8) is 0 Å². The lowest BCUT2D eigenvalue weighted by molar-refractivity contribution is -0.140. The van der Waals surface area contributed by atoms with E-state index in [1.165, 1.54) is 11.0 Å². The molecule has 0 fully saturated rings. The van der Waals surface area contributed by atoms with Crippen LogP contribution >= 0.6 is 0 Å². The number of nitrogens with one attached hydrogen (secondary N) is 1. The Hall–Kier alpha value is -2.69. The van der Waals surface area contributed by atoms with E-state index in [4.69, 9.17) is 0 Å². The van der Waals surface area contributed by atoms with Crippen LogP contribution in [0.15, 0.2) is 48.5 Å². The summed E-state index contributed by atoms with van der Waals surface area (Å²) in [4.78, 5) is 27.0. The van der Waals surface area contributed by atoms with E-state index in [1.54, 1.807) is 25.1 Å². The predicted octanol–water partition coefficient (Wildman–Crippen LogP) is 3.62. The molecule has 144 valence electrons. The van der Waals surface area contributed by atoms with Crippen molar-refractivity contribution >= 4 is 11.8 Å². The van der Waals surface area contributed by atoms with Crippen LogP contribution in [0.2, 0.25) is 0 Å². The Kier molecular flexibility index (Phi) is 7.53. The van der Waals surface area contributed by atoms with Crippen molar-refractivity contribution in [2.75, 3.05) is 6.54 Å². The number of carbonyl (C=O) groups excluding carboxylic acids is 2. The average molecular weight is 370 g/mol. The zero-order chi connectivity index (χ0) is 19.8. The maximum absolute atomic E-state index is 14.0. The van der Waals surface area contributed by atoms with Crippen molar-refractivity contribution in [2.24, 2.45) is 0 Å². The summed E-state index contributed by atoms with van der Waals surface area (Å²) in [6.45, 7) is 6.52. The van der Waals surface area contributed by atoms with E-state index in [2.05, 4.69) is 5.32 Å². The van der Waals surface area contributed by atoms with Crippen LogP contribution in [0.25, 0.3) is 0 Å². The molecule has 0 saturated carbocycles. The van der Waals surface area contributed by atoms with Gasteiger partial charge in [0.05, 0.1) is 6.42 Å². The Bertz CT molecular complexity index is 791. The summed E-state index contributed by atoms with van der Waals surface area (Å²) in [5.74, 6) is -0.889. The highest BCUT2D eigenvalue weighted by atomic mass is 19.1. The fourth-order valence-corrected chi connectivity index (χ4v) is 2.86. The minimum absolute atomic E-state index is 0.0794. The Morgan fingerprint density at radius 1 is 1.07 bits per heavy atom. The Labute approximate surface area is 160 Å². The molecule has 4 nitrogen and oxygen atoms in total. The van der Waals surface area contributed by atoms with E-state index in [0.29, 0.717) is 18.7 Å². The molecule has 0 aliphatic carbocycles. The highest BCUT2D eigenvalue weighted by molar-refractivity contribution is 5.88. The van der Waals surface area contributed by atoms with Crippen LogP contribution in [0, 0.1) is 12.7 Å². The predicted molar refractivity (Wildman–Crippen MR) is 105 cm³/mol. The van der Waals surface area contributed by atoms with Gasteiger partial charge in [0.1, 0.15) is 11.9 Å². The molecule has 0 unspecified atom stereocenters. The lowest BCUT2D eigenvalue weighted by atomic mass is 10.1. The van der Waals surface area contributed by atoms with Crippen LogP contribution in [0.5, 0.6) is 0 Å². The van der Waals surface area contributed by atoms with Crippen LogP contribution in [0.4, 0.5) is 4.39 Å². The summed E-state index contributed by atoms with van der Waals surface area (Å²) in [6.07, 6.45) is 0.739. The topological polar surface area (TPSA) is 49.4 Å². The Morgan fingerprint density at radius 2 is 1.70 bits per heavy atom. The van der Waals surface area contributed by atoms with E-state index in [-0.39, 0.29) is 18.2 Å². The van der Waals surface area contributed by atoms with Crippen LogP contribution in [0.1, 0.15) is 37.0 Å². The maximum Gasteiger partial charge on any atom is 0.242 e. The first-order chi connectivity index (χ1) is 12.9. The lowest BCUT2D eigenvalue weighted by Crippen LogP contribution is -2.48. The van der Waals surface area contributed by atoms with Gasteiger partial charge in [-0.3, -0.25) is 9.59 Å². The van der Waals surface area contributed by atoms with Gasteiger partial charge < -0.3 is 10.2 Å². The van der Waals surface area contributed by atoms with E-state index in [0.717, 1.165) is 17.5 Å². The number of carbonyl (C=O) groups is 2. The number of aryl methyl sites for hydroxylation is 1. The number of halogens is 1. The zero-order valence-corrected chi connectivity index (χ0v) is 16.2. The van der Waals surface area contributed by atoms with Crippen LogP contribution in [-0.4, -0.2) is 29.3 Å². The summed E-state index contributed by atoms with van der Waals surface area (Å²) in [7, 11) is 0. The van der Waals surface area contributed by atoms with Crippen molar-refractivity contribution in [1.29, 1.82) is 0 Å². The standard InChI is InChI=1S/C22H27FN2O2/c1-4-13-24-22(27)17(3)25(15-19-11-6-5-9-16(19)2)21(26)14-18-10-7-8-12-20(18)23/h5-12,17H,4,13-15H2,1-3H3,(H,24,27)/t17-/m0/s1. The van der Waals surface area contributed by atoms with E-state index >= 15 is 0 Å². The highest BCUT2D eigenvalue weighted by Crippen LogP contribution is 2.16. The summed E-state index contributed by atoms with van der Waals surface area (Å²) in [5.41, 5.74) is 2.34. The van der Waals surface area contributed by atoms with Crippen molar-refractivity contribution in [1.82, 2.24) is 10.2 Å². The van der Waals surface area contributed by atoms with Gasteiger partial charge in [-0.05, 0) is 43.0 Å². The lowest BCUT2D eigenvalue weighted by Gasteiger charge is -2.29. The molecule has 27 heavy (non-hydrogen) atoms. The van der Waals surface area contributed by atoms with Gasteiger partial charge in [0, 0.05) is 13.1 Å². The fraction of sp³-hybridized carbons (Fsp3) is 0.364. The van der Waals surface area contributed by atoms with E-state index < -0.39 is 11.9 Å². The molecule has 2 amide bonds. The quantitative estimate of drug-likeness (QED) is 0.772. The monoisotopic (exact) mass is 370 g/mol. The molecule has 2 aromatic rings. The number of hydrogen-bond donors (Lipinski definition) is 1. The maximum atomic E-state index is 14.0. The number of rotatable bonds is 8. The van der Waals surface area contributed by atoms with Gasteiger partial charge in [0.25, 0.3) is 0 Å². The molecule has 0 aromatic heterocycles. The number of benzene rings is 2. The SMILES string of the molecule is CCCNC(=O)[C@H](C)N(Cc1ccccc1C)C(=O)Cc1ccccc1F. The summed E-state index contributed by atoms with van der Waals surface area (Å²) < 4.78 is 14.0. The van der Waals surface area contributed by atoms with Crippen molar-refractivity contribution in [3.8, 4) is 0 Å². The van der Waals surface area contributed by atoms with Crippen molar-refractivity contribution in [3.05, 3.63) is 71.0 Å². The van der Waals surface area contributed by atoms with Crippen LogP contribution in [0.3, 0.4) is 0 Å². The molecule has 0 spiro atoms. The number of nitrogens with zero attached hydrogens (tertiary/aromatic N) is 1. The van der Waals surface area contributed by atoms with Crippen molar-refractivity contribution in [2.45, 2.75) is 46.2 Å². The third-order valence-corrected chi connectivity index (χ3v) is 4.62. The van der Waals surface area contributed by atoms with Gasteiger partial charge in [0.2, 0.25) is 11.8 Å². The molecular formula is C22H27FN2O2. The summed E-state index contributed by atoms with van der Waals surface area (Å²) in [6, 6.07) is 13.3. The first kappa shape index (κ1) is 20.6. The molecule has 1 N–H and O–H groups in total. The molecule has 0 heterocycles. The third kappa shape index (κ3) is 5.64. The molecular weight excluding hydrogens is 343 g/mol. The summed E-state index contributed by atoms with van der Waals surface area (Å²) in [5, 5.41) is 2.84. The van der Waals surface area contributed by atoms with Gasteiger partial charge in [-0.25, -0.2) is 4.39 Å². The molecule has 2 rings (SSSR count). The highest BCUT2D eigenvalue weighted by Gasteiger charge is 2.26. The smallest absolute Gasteiger partial charge is 0.242 e. The summed E-state index contributed by atoms with van der Waals surface area (Å²) >= 11 is 0. The van der Waals surface area contributed by atoms with Gasteiger partial charge in [-0.1, -0.05) is 49.4 Å². The average Bonchev–Trinajstić information content (AvgIpc) is 2.66. The Morgan fingerprint density at radius 3 is 2.33 bits per heavy atom. The van der Waals surface area contributed by atoms with Crippen molar-refractivity contribution < 1.29 is 14.0 Å². The van der Waals surface area contributed by atoms with E-state index in [9.17, 15) is 14.0 Å².